The number of halogens is 6. The molecular formula is C30H23F6NO3. The number of nitrogens with one attached hydrogen (secondary N) is 1. The third-order valence-electron chi connectivity index (χ3n) is 6.29. The fourth-order valence-electron chi connectivity index (χ4n) is 4.44. The van der Waals surface area contributed by atoms with Crippen molar-refractivity contribution >= 4 is 5.97 Å². The highest BCUT2D eigenvalue weighted by Crippen LogP contribution is 2.39. The van der Waals surface area contributed by atoms with E-state index in [1.54, 1.807) is 91.0 Å². The predicted octanol–water partition coefficient (Wildman–Crippen LogP) is 7.14. The van der Waals surface area contributed by atoms with E-state index >= 15 is 0 Å². The van der Waals surface area contributed by atoms with Crippen LogP contribution in [0.3, 0.4) is 0 Å². The van der Waals surface area contributed by atoms with Crippen molar-refractivity contribution in [2.75, 3.05) is 6.61 Å². The molecule has 1 unspecified atom stereocenters. The summed E-state index contributed by atoms with van der Waals surface area (Å²) in [5.74, 6) is -2.19. The SMILES string of the molecule is O=C(O)C(COc1cc(C(F)(F)F)cc(C(F)(F)F)c1)NC(c1ccccc1)(c1ccccc1)c1ccccc1. The standard InChI is InChI=1S/C30H23F6NO3/c31-29(32,33)23-16-24(30(34,35)36)18-25(17-23)40-19-26(27(38)39)37-28(20-10-4-1-5-11-20,21-12-6-2-7-13-21)22-14-8-3-9-15-22/h1-18,26,37H,19H2,(H,38,39). The van der Waals surface area contributed by atoms with Gasteiger partial charge in [-0.05, 0) is 34.9 Å². The Labute approximate surface area is 225 Å². The molecule has 0 heterocycles. The molecule has 0 saturated heterocycles. The van der Waals surface area contributed by atoms with Crippen LogP contribution in [0.25, 0.3) is 0 Å². The molecule has 0 aromatic heterocycles. The number of aliphatic carboxylic acids is 1. The van der Waals surface area contributed by atoms with E-state index in [2.05, 4.69) is 5.32 Å². The Morgan fingerprint density at radius 1 is 0.650 bits per heavy atom. The molecule has 0 radical (unpaired) electrons. The molecule has 4 aromatic carbocycles. The van der Waals surface area contributed by atoms with Gasteiger partial charge in [-0.3, -0.25) is 10.1 Å². The van der Waals surface area contributed by atoms with Gasteiger partial charge in [0.15, 0.2) is 0 Å². The summed E-state index contributed by atoms with van der Waals surface area (Å²) >= 11 is 0. The highest BCUT2D eigenvalue weighted by molar-refractivity contribution is 5.74. The number of rotatable bonds is 9. The maximum absolute atomic E-state index is 13.3. The van der Waals surface area contributed by atoms with Crippen LogP contribution in [-0.2, 0) is 22.7 Å². The van der Waals surface area contributed by atoms with Crippen LogP contribution >= 0.6 is 0 Å². The summed E-state index contributed by atoms with van der Waals surface area (Å²) in [6.45, 7) is -0.776. The van der Waals surface area contributed by atoms with Crippen molar-refractivity contribution in [2.24, 2.45) is 0 Å². The molecule has 1 atom stereocenters. The van der Waals surface area contributed by atoms with E-state index in [0.717, 1.165) is 0 Å². The van der Waals surface area contributed by atoms with Crippen molar-refractivity contribution in [1.82, 2.24) is 5.32 Å². The summed E-state index contributed by atoms with van der Waals surface area (Å²) in [6, 6.07) is 25.9. The van der Waals surface area contributed by atoms with Gasteiger partial charge >= 0.3 is 18.3 Å². The van der Waals surface area contributed by atoms with Crippen molar-refractivity contribution in [3.05, 3.63) is 137 Å². The number of alkyl halides is 6. The van der Waals surface area contributed by atoms with E-state index in [-0.39, 0.29) is 6.07 Å². The first-order valence-corrected chi connectivity index (χ1v) is 12.0. The van der Waals surface area contributed by atoms with Crippen molar-refractivity contribution in [1.29, 1.82) is 0 Å². The molecule has 4 aromatic rings. The monoisotopic (exact) mass is 559 g/mol. The van der Waals surface area contributed by atoms with Gasteiger partial charge in [0.2, 0.25) is 0 Å². The topological polar surface area (TPSA) is 58.6 Å². The average molecular weight is 560 g/mol. The minimum absolute atomic E-state index is 0.0228. The summed E-state index contributed by atoms with van der Waals surface area (Å²) < 4.78 is 85.2. The number of carbonyl (C=O) groups is 1. The average Bonchev–Trinajstić information content (AvgIpc) is 2.93. The normalized spacial score (nSPS) is 13.1. The number of hydrogen-bond donors (Lipinski definition) is 2. The van der Waals surface area contributed by atoms with Crippen LogP contribution in [0.5, 0.6) is 5.75 Å². The fourth-order valence-corrected chi connectivity index (χ4v) is 4.44. The summed E-state index contributed by atoms with van der Waals surface area (Å²) in [5.41, 5.74) is -2.46. The number of carboxylic acid groups (broad SMARTS) is 1. The molecule has 40 heavy (non-hydrogen) atoms. The Morgan fingerprint density at radius 3 is 1.35 bits per heavy atom. The summed E-state index contributed by atoms with van der Waals surface area (Å²) in [6.07, 6.45) is -10.2. The predicted molar refractivity (Wildman–Crippen MR) is 136 cm³/mol. The van der Waals surface area contributed by atoms with Crippen LogP contribution in [-0.4, -0.2) is 23.7 Å². The molecular weight excluding hydrogens is 536 g/mol. The maximum Gasteiger partial charge on any atom is 0.416 e. The number of benzene rings is 4. The van der Waals surface area contributed by atoms with Crippen molar-refractivity contribution < 1.29 is 41.0 Å². The number of ether oxygens (including phenoxy) is 1. The first-order chi connectivity index (χ1) is 18.9. The van der Waals surface area contributed by atoms with E-state index in [0.29, 0.717) is 28.8 Å². The van der Waals surface area contributed by atoms with Crippen LogP contribution in [0.1, 0.15) is 27.8 Å². The highest BCUT2D eigenvalue weighted by Gasteiger charge is 2.41. The Bertz CT molecular complexity index is 1300. The van der Waals surface area contributed by atoms with Gasteiger partial charge in [0.05, 0.1) is 16.7 Å². The summed E-state index contributed by atoms with van der Waals surface area (Å²) in [4.78, 5) is 12.4. The Kier molecular flexibility index (Phi) is 8.20. The third-order valence-corrected chi connectivity index (χ3v) is 6.29. The minimum atomic E-state index is -5.08. The zero-order chi connectivity index (χ0) is 29.0. The lowest BCUT2D eigenvalue weighted by Gasteiger charge is -2.39. The van der Waals surface area contributed by atoms with Crippen molar-refractivity contribution in [3.8, 4) is 5.75 Å². The fraction of sp³-hybridized carbons (Fsp3) is 0.167. The maximum atomic E-state index is 13.3. The molecule has 0 bridgehead atoms. The van der Waals surface area contributed by atoms with Gasteiger partial charge in [0.25, 0.3) is 0 Å². The van der Waals surface area contributed by atoms with E-state index in [4.69, 9.17) is 4.74 Å². The Balaban J connectivity index is 1.78. The first kappa shape index (κ1) is 28.7. The lowest BCUT2D eigenvalue weighted by atomic mass is 9.76. The lowest BCUT2D eigenvalue weighted by Crippen LogP contribution is -2.54. The van der Waals surface area contributed by atoms with E-state index in [1.807, 2.05) is 0 Å². The van der Waals surface area contributed by atoms with Crippen LogP contribution < -0.4 is 10.1 Å². The van der Waals surface area contributed by atoms with Gasteiger partial charge in [-0.1, -0.05) is 91.0 Å². The van der Waals surface area contributed by atoms with Crippen LogP contribution in [0, 0.1) is 0 Å². The second-order valence-electron chi connectivity index (χ2n) is 8.94. The largest absolute Gasteiger partial charge is 0.491 e. The van der Waals surface area contributed by atoms with Crippen molar-refractivity contribution in [2.45, 2.75) is 23.9 Å². The second-order valence-corrected chi connectivity index (χ2v) is 8.94. The molecule has 4 rings (SSSR count). The molecule has 0 saturated carbocycles. The first-order valence-electron chi connectivity index (χ1n) is 12.0. The quantitative estimate of drug-likeness (QED) is 0.169. The van der Waals surface area contributed by atoms with Crippen LogP contribution in [0.15, 0.2) is 109 Å². The smallest absolute Gasteiger partial charge is 0.416 e. The molecule has 208 valence electrons. The van der Waals surface area contributed by atoms with E-state index in [1.165, 1.54) is 0 Å². The molecule has 0 fully saturated rings. The van der Waals surface area contributed by atoms with Gasteiger partial charge in [-0.25, -0.2) is 0 Å². The molecule has 2 N–H and O–H groups in total. The molecule has 0 aliphatic rings. The number of hydrogen-bond acceptors (Lipinski definition) is 3. The zero-order valence-electron chi connectivity index (χ0n) is 20.7. The summed E-state index contributed by atoms with van der Waals surface area (Å²) in [5, 5.41) is 13.2. The van der Waals surface area contributed by atoms with Crippen LogP contribution in [0.2, 0.25) is 0 Å². The minimum Gasteiger partial charge on any atom is -0.491 e. The molecule has 0 aliphatic carbocycles. The van der Waals surface area contributed by atoms with Crippen LogP contribution in [0.4, 0.5) is 26.3 Å². The van der Waals surface area contributed by atoms with E-state index in [9.17, 15) is 36.2 Å². The summed E-state index contributed by atoms with van der Waals surface area (Å²) in [7, 11) is 0. The molecule has 10 heteroatoms. The van der Waals surface area contributed by atoms with E-state index < -0.39 is 53.4 Å². The van der Waals surface area contributed by atoms with Gasteiger partial charge in [0, 0.05) is 0 Å². The Morgan fingerprint density at radius 2 is 1.02 bits per heavy atom. The van der Waals surface area contributed by atoms with Crippen molar-refractivity contribution in [3.63, 3.8) is 0 Å². The van der Waals surface area contributed by atoms with Gasteiger partial charge in [0.1, 0.15) is 18.4 Å². The lowest BCUT2D eigenvalue weighted by molar-refractivity contribution is -0.144. The van der Waals surface area contributed by atoms with Gasteiger partial charge in [-0.2, -0.15) is 26.3 Å². The molecule has 4 nitrogen and oxygen atoms in total. The van der Waals surface area contributed by atoms with Gasteiger partial charge in [-0.15, -0.1) is 0 Å². The third kappa shape index (κ3) is 6.28. The molecule has 0 spiro atoms. The highest BCUT2D eigenvalue weighted by atomic mass is 19.4. The van der Waals surface area contributed by atoms with Gasteiger partial charge < -0.3 is 9.84 Å². The second kappa shape index (κ2) is 11.4. The molecule has 0 amide bonds. The number of carboxylic acids is 1. The zero-order valence-corrected chi connectivity index (χ0v) is 20.7. The molecule has 0 aliphatic heterocycles. The Hall–Kier alpha value is -4.31.